The molecule has 0 aliphatic rings. The van der Waals surface area contributed by atoms with Crippen molar-refractivity contribution in [3.63, 3.8) is 0 Å². The average Bonchev–Trinajstić information content (AvgIpc) is 3.26. The van der Waals surface area contributed by atoms with Crippen LogP contribution in [0, 0.1) is 6.92 Å². The van der Waals surface area contributed by atoms with Crippen LogP contribution in [0.1, 0.15) is 17.0 Å². The molecule has 9 heteroatoms. The summed E-state index contributed by atoms with van der Waals surface area (Å²) in [4.78, 5) is 8.62. The predicted molar refractivity (Wildman–Crippen MR) is 100 cm³/mol. The van der Waals surface area contributed by atoms with Crippen molar-refractivity contribution in [3.8, 4) is 5.75 Å². The Kier molecular flexibility index (Phi) is 4.33. The molecule has 9 nitrogen and oxygen atoms in total. The van der Waals surface area contributed by atoms with Crippen LogP contribution >= 0.6 is 0 Å². The third-order valence-corrected chi connectivity index (χ3v) is 4.13. The third-order valence-electron chi connectivity index (χ3n) is 4.13. The topological polar surface area (TPSA) is 117 Å². The molecule has 0 saturated carbocycles. The number of aryl methyl sites for hydroxylation is 1. The van der Waals surface area contributed by atoms with Crippen LogP contribution in [0.3, 0.4) is 0 Å². The van der Waals surface area contributed by atoms with Crippen LogP contribution in [0.4, 0.5) is 11.8 Å². The number of para-hydroxylation sites is 1. The van der Waals surface area contributed by atoms with Crippen molar-refractivity contribution in [2.45, 2.75) is 20.0 Å². The molecular weight excluding hydrogens is 346 g/mol. The zero-order valence-corrected chi connectivity index (χ0v) is 15.0. The molecule has 138 valence electrons. The van der Waals surface area contributed by atoms with Crippen LogP contribution in [0.15, 0.2) is 41.1 Å². The van der Waals surface area contributed by atoms with Crippen LogP contribution in [0.2, 0.25) is 0 Å². The van der Waals surface area contributed by atoms with E-state index in [2.05, 4.69) is 25.5 Å². The summed E-state index contributed by atoms with van der Waals surface area (Å²) in [5.41, 5.74) is 9.05. The SMILES string of the molecule is COc1ccccc1Cn1ncc2nc(N)nc(NCc3cc(C)on3)c21. The molecule has 27 heavy (non-hydrogen) atoms. The van der Waals surface area contributed by atoms with E-state index in [0.29, 0.717) is 24.4 Å². The van der Waals surface area contributed by atoms with Gasteiger partial charge in [0.05, 0.1) is 26.4 Å². The van der Waals surface area contributed by atoms with E-state index in [0.717, 1.165) is 28.3 Å². The number of nitrogen functional groups attached to an aromatic ring is 1. The lowest BCUT2D eigenvalue weighted by Gasteiger charge is -2.11. The van der Waals surface area contributed by atoms with Gasteiger partial charge in [-0.05, 0) is 13.0 Å². The van der Waals surface area contributed by atoms with E-state index in [4.69, 9.17) is 15.0 Å². The van der Waals surface area contributed by atoms with E-state index in [-0.39, 0.29) is 5.95 Å². The number of ether oxygens (including phenoxy) is 1. The fraction of sp³-hybridized carbons (Fsp3) is 0.222. The molecule has 0 atom stereocenters. The maximum absolute atomic E-state index is 5.85. The van der Waals surface area contributed by atoms with E-state index < -0.39 is 0 Å². The first-order valence-electron chi connectivity index (χ1n) is 8.41. The Hall–Kier alpha value is -3.62. The Labute approximate surface area is 155 Å². The number of benzene rings is 1. The first kappa shape index (κ1) is 16.8. The molecule has 0 fully saturated rings. The number of hydrogen-bond acceptors (Lipinski definition) is 8. The molecule has 4 aromatic rings. The fourth-order valence-corrected chi connectivity index (χ4v) is 2.93. The minimum atomic E-state index is 0.179. The van der Waals surface area contributed by atoms with Crippen molar-refractivity contribution in [2.75, 3.05) is 18.2 Å². The molecule has 0 aliphatic carbocycles. The van der Waals surface area contributed by atoms with Gasteiger partial charge in [-0.3, -0.25) is 4.68 Å². The molecule has 3 aromatic heterocycles. The number of nitrogens with zero attached hydrogens (tertiary/aromatic N) is 5. The normalized spacial score (nSPS) is 11.0. The summed E-state index contributed by atoms with van der Waals surface area (Å²) >= 11 is 0. The molecule has 4 rings (SSSR count). The predicted octanol–water partition coefficient (Wildman–Crippen LogP) is 2.37. The number of nitrogens with one attached hydrogen (secondary N) is 1. The smallest absolute Gasteiger partial charge is 0.222 e. The van der Waals surface area contributed by atoms with Gasteiger partial charge < -0.3 is 20.3 Å². The lowest BCUT2D eigenvalue weighted by atomic mass is 10.2. The Balaban J connectivity index is 1.69. The molecule has 3 N–H and O–H groups in total. The molecule has 0 saturated heterocycles. The first-order valence-corrected chi connectivity index (χ1v) is 8.41. The van der Waals surface area contributed by atoms with Crippen molar-refractivity contribution in [2.24, 2.45) is 0 Å². The third kappa shape index (κ3) is 3.39. The monoisotopic (exact) mass is 365 g/mol. The average molecular weight is 365 g/mol. The van der Waals surface area contributed by atoms with Crippen molar-refractivity contribution >= 4 is 22.8 Å². The maximum Gasteiger partial charge on any atom is 0.222 e. The van der Waals surface area contributed by atoms with Crippen LogP contribution in [-0.4, -0.2) is 32.0 Å². The zero-order chi connectivity index (χ0) is 18.8. The highest BCUT2D eigenvalue weighted by Gasteiger charge is 2.15. The van der Waals surface area contributed by atoms with Gasteiger partial charge in [0.2, 0.25) is 5.95 Å². The summed E-state index contributed by atoms with van der Waals surface area (Å²) in [6.45, 7) is 2.81. The molecule has 0 spiro atoms. The summed E-state index contributed by atoms with van der Waals surface area (Å²) in [5, 5.41) is 11.7. The van der Waals surface area contributed by atoms with Gasteiger partial charge in [-0.25, -0.2) is 4.98 Å². The lowest BCUT2D eigenvalue weighted by Crippen LogP contribution is -2.09. The summed E-state index contributed by atoms with van der Waals surface area (Å²) < 4.78 is 12.4. The zero-order valence-electron chi connectivity index (χ0n) is 15.0. The molecular formula is C18H19N7O2. The summed E-state index contributed by atoms with van der Waals surface area (Å²) in [6.07, 6.45) is 1.67. The van der Waals surface area contributed by atoms with Crippen molar-refractivity contribution in [3.05, 3.63) is 53.5 Å². The van der Waals surface area contributed by atoms with E-state index >= 15 is 0 Å². The van der Waals surface area contributed by atoms with Gasteiger partial charge in [0.1, 0.15) is 28.2 Å². The van der Waals surface area contributed by atoms with Crippen molar-refractivity contribution in [1.82, 2.24) is 24.9 Å². The fourth-order valence-electron chi connectivity index (χ4n) is 2.93. The minimum Gasteiger partial charge on any atom is -0.496 e. The van der Waals surface area contributed by atoms with Gasteiger partial charge >= 0.3 is 0 Å². The number of hydrogen-bond donors (Lipinski definition) is 2. The highest BCUT2D eigenvalue weighted by Crippen LogP contribution is 2.25. The standard InChI is InChI=1S/C18H19N7O2/c1-11-7-13(24-27-11)8-20-17-16-14(22-18(19)23-17)9-21-25(16)10-12-5-3-4-6-15(12)26-2/h3-7,9H,8,10H2,1-2H3,(H3,19,20,22,23). The van der Waals surface area contributed by atoms with Gasteiger partial charge in [0.25, 0.3) is 0 Å². The number of rotatable bonds is 6. The van der Waals surface area contributed by atoms with Crippen LogP contribution in [0.5, 0.6) is 5.75 Å². The Morgan fingerprint density at radius 3 is 2.89 bits per heavy atom. The molecule has 3 heterocycles. The van der Waals surface area contributed by atoms with E-state index in [9.17, 15) is 0 Å². The summed E-state index contributed by atoms with van der Waals surface area (Å²) in [5.74, 6) is 2.31. The number of nitrogens with two attached hydrogens (primary N) is 1. The summed E-state index contributed by atoms with van der Waals surface area (Å²) in [6, 6.07) is 9.67. The number of fused-ring (bicyclic) bond motifs is 1. The quantitative estimate of drug-likeness (QED) is 0.535. The summed E-state index contributed by atoms with van der Waals surface area (Å²) in [7, 11) is 1.65. The Morgan fingerprint density at radius 2 is 2.11 bits per heavy atom. The second-order valence-corrected chi connectivity index (χ2v) is 6.06. The molecule has 0 radical (unpaired) electrons. The minimum absolute atomic E-state index is 0.179. The van der Waals surface area contributed by atoms with Gasteiger partial charge in [0, 0.05) is 11.6 Å². The molecule has 0 unspecified atom stereocenters. The van der Waals surface area contributed by atoms with E-state index in [1.54, 1.807) is 13.3 Å². The van der Waals surface area contributed by atoms with Gasteiger partial charge in [0.15, 0.2) is 5.82 Å². The van der Waals surface area contributed by atoms with Crippen molar-refractivity contribution < 1.29 is 9.26 Å². The largest absolute Gasteiger partial charge is 0.496 e. The molecule has 0 bridgehead atoms. The Bertz CT molecular complexity index is 1090. The molecule has 1 aromatic carbocycles. The number of methoxy groups -OCH3 is 1. The van der Waals surface area contributed by atoms with Crippen LogP contribution in [-0.2, 0) is 13.1 Å². The van der Waals surface area contributed by atoms with Crippen LogP contribution in [0.25, 0.3) is 11.0 Å². The van der Waals surface area contributed by atoms with E-state index in [1.807, 2.05) is 41.9 Å². The lowest BCUT2D eigenvalue weighted by molar-refractivity contribution is 0.391. The first-order chi connectivity index (χ1) is 13.1. The maximum atomic E-state index is 5.85. The molecule has 0 aliphatic heterocycles. The second-order valence-electron chi connectivity index (χ2n) is 6.06. The highest BCUT2D eigenvalue weighted by molar-refractivity contribution is 5.86. The molecule has 0 amide bonds. The van der Waals surface area contributed by atoms with Gasteiger partial charge in [-0.2, -0.15) is 10.1 Å². The number of aromatic nitrogens is 5. The number of anilines is 2. The van der Waals surface area contributed by atoms with Gasteiger partial charge in [-0.1, -0.05) is 23.4 Å². The second kappa shape index (κ2) is 6.94. The van der Waals surface area contributed by atoms with E-state index in [1.165, 1.54) is 0 Å². The highest BCUT2D eigenvalue weighted by atomic mass is 16.5. The van der Waals surface area contributed by atoms with Crippen molar-refractivity contribution in [1.29, 1.82) is 0 Å². The Morgan fingerprint density at radius 1 is 1.26 bits per heavy atom. The van der Waals surface area contributed by atoms with Crippen LogP contribution < -0.4 is 15.8 Å². The van der Waals surface area contributed by atoms with Gasteiger partial charge in [-0.15, -0.1) is 0 Å².